The van der Waals surface area contributed by atoms with Gasteiger partial charge in [-0.2, -0.15) is 8.42 Å². The molecule has 7 heteroatoms. The number of hydrogen-bond donors (Lipinski definition) is 2. The van der Waals surface area contributed by atoms with Crippen molar-refractivity contribution in [2.75, 3.05) is 12.0 Å². The molecule has 2 aromatic carbocycles. The molecule has 12 fully saturated rings. The van der Waals surface area contributed by atoms with Gasteiger partial charge in [0.05, 0.1) is 6.26 Å². The minimum absolute atomic E-state index is 0. The summed E-state index contributed by atoms with van der Waals surface area (Å²) in [6.07, 6.45) is 31.2. The van der Waals surface area contributed by atoms with Crippen LogP contribution in [-0.4, -0.2) is 34.7 Å². The summed E-state index contributed by atoms with van der Waals surface area (Å²) < 4.78 is 25.9. The predicted octanol–water partition coefficient (Wildman–Crippen LogP) is 10.6. The fourth-order valence-corrected chi connectivity index (χ4v) is 22.8. The fraction of sp³-hybridized carbons (Fsp3) is 0.721. The maximum Gasteiger partial charge on any atom is 0.261 e. The molecule has 12 saturated carbocycles. The van der Waals surface area contributed by atoms with Crippen molar-refractivity contribution >= 4 is 23.7 Å². The molecule has 0 heterocycles. The third-order valence-corrected chi connectivity index (χ3v) is 19.9. The van der Waals surface area contributed by atoms with Crippen LogP contribution in [0.2, 0.25) is 0 Å². The van der Waals surface area contributed by atoms with Gasteiger partial charge in [-0.1, -0.05) is 31.7 Å². The molecule has 0 atom stereocenters. The number of hydrogen-bond acceptors (Lipinski definition) is 3. The summed E-state index contributed by atoms with van der Waals surface area (Å²) in [4.78, 5) is 0. The van der Waals surface area contributed by atoms with Crippen molar-refractivity contribution in [2.45, 2.75) is 131 Å². The van der Waals surface area contributed by atoms with E-state index in [2.05, 4.69) is 6.07 Å². The Morgan fingerprint density at radius 3 is 1.18 bits per heavy atom. The topological polar surface area (TPSA) is 80.4 Å². The summed E-state index contributed by atoms with van der Waals surface area (Å²) in [5, 5.41) is 2.63. The van der Waals surface area contributed by atoms with Gasteiger partial charge >= 0.3 is 0 Å². The molecule has 0 aromatic heterocycles. The largest absolute Gasteiger partial charge is 0.406 e. The van der Waals surface area contributed by atoms with Gasteiger partial charge in [0, 0.05) is 20.4 Å². The molecule has 2 aromatic rings. The normalized spacial score (nSPS) is 44.4. The summed E-state index contributed by atoms with van der Waals surface area (Å²) in [7, 11) is -3.45. The van der Waals surface area contributed by atoms with E-state index in [1.807, 2.05) is 48.5 Å². The third-order valence-electron chi connectivity index (χ3n) is 15.4. The zero-order chi connectivity index (χ0) is 33.6. The fourth-order valence-electron chi connectivity index (χ4n) is 15.8. The minimum Gasteiger partial charge on any atom is -0.406 e. The average molecular weight is 807 g/mol. The van der Waals surface area contributed by atoms with Crippen LogP contribution in [0.4, 0.5) is 5.69 Å². The summed E-state index contributed by atoms with van der Waals surface area (Å²) in [5.41, 5.74) is 8.72. The van der Waals surface area contributed by atoms with Crippen LogP contribution < -0.4 is 5.73 Å². The van der Waals surface area contributed by atoms with Gasteiger partial charge in [-0.3, -0.25) is 4.55 Å². The number of rotatable bonds is 4. The van der Waals surface area contributed by atoms with E-state index in [-0.39, 0.29) is 28.3 Å². The molecule has 12 aliphatic carbocycles. The van der Waals surface area contributed by atoms with E-state index in [4.69, 9.17) is 10.3 Å². The molecule has 4 nitrogen and oxygen atoms in total. The summed E-state index contributed by atoms with van der Waals surface area (Å²) in [5.74, 6) is 10.5. The first-order chi connectivity index (χ1) is 23.4. The van der Waals surface area contributed by atoms with Crippen molar-refractivity contribution < 1.29 is 33.4 Å². The van der Waals surface area contributed by atoms with Crippen molar-refractivity contribution in [1.29, 1.82) is 0 Å². The van der Waals surface area contributed by atoms with E-state index in [9.17, 15) is 8.42 Å². The van der Waals surface area contributed by atoms with Gasteiger partial charge in [0.15, 0.2) is 0 Å². The molecule has 12 aliphatic rings. The molecule has 12 bridgehead atoms. The quantitative estimate of drug-likeness (QED) is 0.106. The van der Waals surface area contributed by atoms with Crippen LogP contribution in [0.15, 0.2) is 48.5 Å². The number of para-hydroxylation sites is 1. The molecule has 276 valence electrons. The van der Waals surface area contributed by atoms with Gasteiger partial charge in [0.2, 0.25) is 0 Å². The van der Waals surface area contributed by atoms with Crippen LogP contribution in [0, 0.1) is 59.3 Å². The van der Waals surface area contributed by atoms with Crippen LogP contribution in [0.1, 0.15) is 116 Å². The molecule has 3 N–H and O–H groups in total. The Bertz CT molecular complexity index is 1430. The number of nitrogen functional groups attached to an aromatic ring is 1. The van der Waals surface area contributed by atoms with Crippen LogP contribution >= 0.6 is 7.92 Å². The Morgan fingerprint density at radius 1 is 0.600 bits per heavy atom. The van der Waals surface area contributed by atoms with E-state index < -0.39 is 10.1 Å². The first kappa shape index (κ1) is 36.2. The first-order valence-electron chi connectivity index (χ1n) is 20.0. The second-order valence-corrected chi connectivity index (χ2v) is 24.3. The number of nitrogens with two attached hydrogens (primary N) is 1. The SMILES string of the molecule is C1C2CC3CC1CC(P(C14CC5CC(CC(C5)C1)C4)C14CC5CC(CC(C5)C1)C4)(C2)C3.CS(=O)(=O)O.Nc1ccccc1-c1[c-]cccc1.[Pd]. The molecule has 0 spiro atoms. The van der Waals surface area contributed by atoms with E-state index in [0.29, 0.717) is 6.26 Å². The van der Waals surface area contributed by atoms with Crippen molar-refractivity contribution in [3.05, 3.63) is 54.6 Å². The smallest absolute Gasteiger partial charge is 0.261 e. The van der Waals surface area contributed by atoms with Gasteiger partial charge < -0.3 is 5.73 Å². The number of anilines is 1. The Balaban J connectivity index is 0.000000160. The summed E-state index contributed by atoms with van der Waals surface area (Å²) in [6.45, 7) is 0. The second kappa shape index (κ2) is 13.5. The van der Waals surface area contributed by atoms with Crippen molar-refractivity contribution in [1.82, 2.24) is 0 Å². The minimum atomic E-state index is -3.67. The predicted molar refractivity (Wildman–Crippen MR) is 202 cm³/mol. The maximum absolute atomic E-state index is 9.19. The van der Waals surface area contributed by atoms with E-state index >= 15 is 0 Å². The third kappa shape index (κ3) is 6.87. The van der Waals surface area contributed by atoms with Crippen LogP contribution in [-0.2, 0) is 30.5 Å². The Morgan fingerprint density at radius 2 is 0.900 bits per heavy atom. The Hall–Kier alpha value is -0.758. The molecule has 14 rings (SSSR count). The zero-order valence-corrected chi connectivity index (χ0v) is 33.3. The van der Waals surface area contributed by atoms with E-state index in [0.717, 1.165) is 32.3 Å². The Labute approximate surface area is 317 Å². The second-order valence-electron chi connectivity index (χ2n) is 19.4. The van der Waals surface area contributed by atoms with Crippen molar-refractivity contribution in [3.8, 4) is 11.1 Å². The van der Waals surface area contributed by atoms with Crippen LogP contribution in [0.25, 0.3) is 11.1 Å². The zero-order valence-electron chi connectivity index (χ0n) is 30.1. The van der Waals surface area contributed by atoms with Gasteiger partial charge in [-0.05, 0) is 196 Å². The van der Waals surface area contributed by atoms with E-state index in [1.165, 1.54) is 53.3 Å². The van der Waals surface area contributed by atoms with Gasteiger partial charge in [0.25, 0.3) is 10.1 Å². The summed E-state index contributed by atoms with van der Waals surface area (Å²) >= 11 is 0. The molecule has 0 unspecified atom stereocenters. The molecular weight excluding hydrogens is 748 g/mol. The van der Waals surface area contributed by atoms with Crippen LogP contribution in [0.3, 0.4) is 0 Å². The van der Waals surface area contributed by atoms with Crippen LogP contribution in [0.5, 0.6) is 0 Å². The molecule has 0 saturated heterocycles. The molecule has 0 amide bonds. The van der Waals surface area contributed by atoms with Gasteiger partial charge in [-0.25, -0.2) is 0 Å². The molecule has 0 aliphatic heterocycles. The molecule has 50 heavy (non-hydrogen) atoms. The maximum atomic E-state index is 9.19. The van der Waals surface area contributed by atoms with Crippen molar-refractivity contribution in [2.24, 2.45) is 53.3 Å². The van der Waals surface area contributed by atoms with Gasteiger partial charge in [-0.15, -0.1) is 35.9 Å². The average Bonchev–Trinajstić information content (AvgIpc) is 2.99. The first-order valence-corrected chi connectivity index (χ1v) is 23.2. The van der Waals surface area contributed by atoms with Crippen molar-refractivity contribution in [3.63, 3.8) is 0 Å². The monoisotopic (exact) mass is 806 g/mol. The Kier molecular flexibility index (Phi) is 9.80. The van der Waals surface area contributed by atoms with Gasteiger partial charge in [0.1, 0.15) is 0 Å². The summed E-state index contributed by atoms with van der Waals surface area (Å²) in [6, 6.07) is 18.8. The number of benzene rings is 2. The molecule has 0 radical (unpaired) electrons. The standard InChI is InChI=1S/C30H45P.C12H10N.CH4O3S.Pd/c1-19-2-21-3-20(1)11-28(10-19,12-21)31(29-13-22-4-23(14-29)6-24(5-22)15-29)30-16-25-7-26(17-30)9-27(8-25)18-30;13-12-9-5-4-8-11(12)10-6-2-1-3-7-10;1-5(2,3)4;/h19-27H,1-18H2;1-6,8-9H,13H2;1H3,(H,2,3,4);/q;-1;;. The molecular formula is C43H59NO3PPdS-. The van der Waals surface area contributed by atoms with E-state index in [1.54, 1.807) is 116 Å².